The summed E-state index contributed by atoms with van der Waals surface area (Å²) in [6, 6.07) is 4.60. The van der Waals surface area contributed by atoms with Crippen LogP contribution in [0.4, 0.5) is 0 Å². The van der Waals surface area contributed by atoms with Gasteiger partial charge in [0.2, 0.25) is 11.8 Å². The number of nitrogens with zero attached hydrogens (tertiary/aromatic N) is 2. The third-order valence-corrected chi connectivity index (χ3v) is 7.54. The Labute approximate surface area is 177 Å². The summed E-state index contributed by atoms with van der Waals surface area (Å²) in [6.07, 6.45) is 6.90. The highest BCUT2D eigenvalue weighted by molar-refractivity contribution is 7.10. The lowest BCUT2D eigenvalue weighted by Crippen LogP contribution is -2.50. The zero-order valence-corrected chi connectivity index (χ0v) is 18.0. The van der Waals surface area contributed by atoms with E-state index in [-0.39, 0.29) is 23.8 Å². The van der Waals surface area contributed by atoms with Crippen LogP contribution in [0.5, 0.6) is 0 Å². The first-order valence-electron chi connectivity index (χ1n) is 11.1. The molecule has 6 nitrogen and oxygen atoms in total. The SMILES string of the molecule is O=C(NC[C@H]1CCCO1)C1CCN(C2CCN(C(=O)Cc3cccs3)CC2)CC1. The van der Waals surface area contributed by atoms with Crippen LogP contribution in [0.1, 0.15) is 43.4 Å². The van der Waals surface area contributed by atoms with E-state index in [0.717, 1.165) is 76.2 Å². The van der Waals surface area contributed by atoms with Crippen molar-refractivity contribution in [3.8, 4) is 0 Å². The van der Waals surface area contributed by atoms with Crippen molar-refractivity contribution in [3.05, 3.63) is 22.4 Å². The van der Waals surface area contributed by atoms with E-state index in [1.54, 1.807) is 11.3 Å². The fourth-order valence-electron chi connectivity index (χ4n) is 4.85. The molecule has 3 aliphatic rings. The lowest BCUT2D eigenvalue weighted by molar-refractivity contribution is -0.132. The Hall–Kier alpha value is -1.44. The molecular formula is C22H33N3O3S. The van der Waals surface area contributed by atoms with Gasteiger partial charge in [-0.2, -0.15) is 0 Å². The van der Waals surface area contributed by atoms with E-state index in [9.17, 15) is 9.59 Å². The van der Waals surface area contributed by atoms with Crippen molar-refractivity contribution in [2.75, 3.05) is 39.3 Å². The van der Waals surface area contributed by atoms with Crippen LogP contribution in [-0.2, 0) is 20.7 Å². The minimum atomic E-state index is 0.139. The Morgan fingerprint density at radius 2 is 1.90 bits per heavy atom. The quantitative estimate of drug-likeness (QED) is 0.769. The summed E-state index contributed by atoms with van der Waals surface area (Å²) in [5.74, 6) is 0.599. The third-order valence-electron chi connectivity index (χ3n) is 6.67. The van der Waals surface area contributed by atoms with Gasteiger partial charge in [0.05, 0.1) is 12.5 Å². The number of hydrogen-bond donors (Lipinski definition) is 1. The van der Waals surface area contributed by atoms with E-state index in [1.807, 2.05) is 22.4 Å². The van der Waals surface area contributed by atoms with Gasteiger partial charge in [-0.25, -0.2) is 0 Å². The number of carbonyl (C=O) groups is 2. The first kappa shape index (κ1) is 20.8. The van der Waals surface area contributed by atoms with Crippen molar-refractivity contribution in [1.82, 2.24) is 15.1 Å². The van der Waals surface area contributed by atoms with Crippen LogP contribution in [0.2, 0.25) is 0 Å². The van der Waals surface area contributed by atoms with Crippen LogP contribution < -0.4 is 5.32 Å². The lowest BCUT2D eigenvalue weighted by Gasteiger charge is -2.41. The number of amides is 2. The van der Waals surface area contributed by atoms with Crippen LogP contribution >= 0.6 is 11.3 Å². The number of hydrogen-bond acceptors (Lipinski definition) is 5. The number of rotatable bonds is 6. The Bertz CT molecular complexity index is 659. The molecule has 29 heavy (non-hydrogen) atoms. The molecule has 1 aromatic rings. The van der Waals surface area contributed by atoms with Gasteiger partial charge in [-0.05, 0) is 63.1 Å². The molecule has 2 amide bonds. The van der Waals surface area contributed by atoms with Crippen molar-refractivity contribution >= 4 is 23.2 Å². The van der Waals surface area contributed by atoms with Crippen molar-refractivity contribution in [1.29, 1.82) is 0 Å². The van der Waals surface area contributed by atoms with Gasteiger partial charge in [0, 0.05) is 43.1 Å². The molecule has 3 fully saturated rings. The van der Waals surface area contributed by atoms with E-state index in [4.69, 9.17) is 4.74 Å². The van der Waals surface area contributed by atoms with Gasteiger partial charge in [-0.1, -0.05) is 6.07 Å². The fraction of sp³-hybridized carbons (Fsp3) is 0.727. The lowest BCUT2D eigenvalue weighted by atomic mass is 9.92. The molecule has 1 N–H and O–H groups in total. The van der Waals surface area contributed by atoms with Gasteiger partial charge in [0.1, 0.15) is 0 Å². The van der Waals surface area contributed by atoms with Gasteiger partial charge in [-0.15, -0.1) is 11.3 Å². The second kappa shape index (κ2) is 10.0. The van der Waals surface area contributed by atoms with Gasteiger partial charge < -0.3 is 19.9 Å². The Morgan fingerprint density at radius 1 is 1.10 bits per heavy atom. The predicted molar refractivity (Wildman–Crippen MR) is 114 cm³/mol. The van der Waals surface area contributed by atoms with Crippen LogP contribution in [0.3, 0.4) is 0 Å². The molecule has 0 saturated carbocycles. The largest absolute Gasteiger partial charge is 0.376 e. The molecule has 1 atom stereocenters. The summed E-state index contributed by atoms with van der Waals surface area (Å²) in [4.78, 5) is 30.7. The Morgan fingerprint density at radius 3 is 2.55 bits per heavy atom. The Balaban J connectivity index is 1.15. The van der Waals surface area contributed by atoms with Crippen molar-refractivity contribution < 1.29 is 14.3 Å². The Kier molecular flexibility index (Phi) is 7.21. The molecule has 4 rings (SSSR count). The van der Waals surface area contributed by atoms with Gasteiger partial charge in [-0.3, -0.25) is 9.59 Å². The molecule has 4 heterocycles. The average Bonchev–Trinajstić information content (AvgIpc) is 3.46. The maximum absolute atomic E-state index is 12.5. The summed E-state index contributed by atoms with van der Waals surface area (Å²) in [5.41, 5.74) is 0. The molecule has 0 aliphatic carbocycles. The third kappa shape index (κ3) is 5.58. The fourth-order valence-corrected chi connectivity index (χ4v) is 5.54. The first-order chi connectivity index (χ1) is 14.2. The highest BCUT2D eigenvalue weighted by Crippen LogP contribution is 2.25. The van der Waals surface area contributed by atoms with Crippen molar-refractivity contribution in [3.63, 3.8) is 0 Å². The topological polar surface area (TPSA) is 61.9 Å². The maximum Gasteiger partial charge on any atom is 0.227 e. The van der Waals surface area contributed by atoms with Crippen LogP contribution in [-0.4, -0.2) is 73.1 Å². The minimum Gasteiger partial charge on any atom is -0.376 e. The number of thiophene rings is 1. The maximum atomic E-state index is 12.5. The van der Waals surface area contributed by atoms with Crippen LogP contribution in [0.25, 0.3) is 0 Å². The van der Waals surface area contributed by atoms with E-state index in [1.165, 1.54) is 0 Å². The number of carbonyl (C=O) groups excluding carboxylic acids is 2. The molecule has 7 heteroatoms. The zero-order valence-electron chi connectivity index (χ0n) is 17.2. The summed E-state index contributed by atoms with van der Waals surface area (Å²) < 4.78 is 5.59. The monoisotopic (exact) mass is 419 g/mol. The smallest absolute Gasteiger partial charge is 0.227 e. The average molecular weight is 420 g/mol. The molecule has 0 unspecified atom stereocenters. The van der Waals surface area contributed by atoms with E-state index < -0.39 is 0 Å². The van der Waals surface area contributed by atoms with Crippen LogP contribution in [0.15, 0.2) is 17.5 Å². The highest BCUT2D eigenvalue weighted by atomic mass is 32.1. The van der Waals surface area contributed by atoms with E-state index in [0.29, 0.717) is 19.0 Å². The van der Waals surface area contributed by atoms with E-state index >= 15 is 0 Å². The van der Waals surface area contributed by atoms with Crippen molar-refractivity contribution in [2.45, 2.75) is 57.1 Å². The second-order valence-electron chi connectivity index (χ2n) is 8.56. The molecule has 160 valence electrons. The zero-order chi connectivity index (χ0) is 20.1. The molecule has 3 aliphatic heterocycles. The highest BCUT2D eigenvalue weighted by Gasteiger charge is 2.32. The van der Waals surface area contributed by atoms with Gasteiger partial charge in [0.15, 0.2) is 0 Å². The predicted octanol–water partition coefficient (Wildman–Crippen LogP) is 2.29. The molecule has 1 aromatic heterocycles. The normalized spacial score (nSPS) is 24.7. The summed E-state index contributed by atoms with van der Waals surface area (Å²) in [6.45, 7) is 5.19. The summed E-state index contributed by atoms with van der Waals surface area (Å²) in [7, 11) is 0. The second-order valence-corrected chi connectivity index (χ2v) is 9.59. The number of nitrogens with one attached hydrogen (secondary N) is 1. The number of piperidine rings is 2. The number of likely N-dealkylation sites (tertiary alicyclic amines) is 2. The molecule has 0 bridgehead atoms. The van der Waals surface area contributed by atoms with Gasteiger partial charge >= 0.3 is 0 Å². The summed E-state index contributed by atoms with van der Waals surface area (Å²) in [5, 5.41) is 5.13. The van der Waals surface area contributed by atoms with Crippen LogP contribution in [0, 0.1) is 5.92 Å². The number of ether oxygens (including phenoxy) is 1. The molecule has 0 aromatic carbocycles. The standard InChI is InChI=1S/C22H33N3O3S/c26-21(15-20-4-2-14-29-20)25-11-7-18(8-12-25)24-9-5-17(6-10-24)22(27)23-16-19-3-1-13-28-19/h2,4,14,17-19H,1,3,5-13,15-16H2,(H,23,27)/t19-/m1/s1. The van der Waals surface area contributed by atoms with Crippen molar-refractivity contribution in [2.24, 2.45) is 5.92 Å². The van der Waals surface area contributed by atoms with Gasteiger partial charge in [0.25, 0.3) is 0 Å². The first-order valence-corrected chi connectivity index (χ1v) is 12.0. The molecular weight excluding hydrogens is 386 g/mol. The minimum absolute atomic E-state index is 0.139. The molecule has 0 radical (unpaired) electrons. The molecule has 3 saturated heterocycles. The molecule has 0 spiro atoms. The van der Waals surface area contributed by atoms with E-state index in [2.05, 4.69) is 10.2 Å². The summed E-state index contributed by atoms with van der Waals surface area (Å²) >= 11 is 1.66.